The standard InChI is InChI=1S/C10H14ClNO2S/c1-9(12-15(13,14)8-11)7-10-5-3-2-4-6-10/h2-6,9,12H,7-8H2,1H3. The maximum absolute atomic E-state index is 11.2. The van der Waals surface area contributed by atoms with E-state index in [4.69, 9.17) is 11.6 Å². The molecule has 0 heterocycles. The van der Waals surface area contributed by atoms with Gasteiger partial charge in [-0.2, -0.15) is 0 Å². The van der Waals surface area contributed by atoms with Crippen LogP contribution < -0.4 is 4.72 Å². The summed E-state index contributed by atoms with van der Waals surface area (Å²) in [5.74, 6) is 0. The second kappa shape index (κ2) is 5.49. The molecule has 5 heteroatoms. The van der Waals surface area contributed by atoms with Crippen LogP contribution in [0.2, 0.25) is 0 Å². The summed E-state index contributed by atoms with van der Waals surface area (Å²) in [5.41, 5.74) is 1.10. The molecule has 0 fully saturated rings. The fourth-order valence-electron chi connectivity index (χ4n) is 1.35. The molecular formula is C10H14ClNO2S. The van der Waals surface area contributed by atoms with Gasteiger partial charge in [-0.1, -0.05) is 30.3 Å². The quantitative estimate of drug-likeness (QED) is 0.806. The molecule has 1 rings (SSSR count). The number of sulfonamides is 1. The first-order valence-corrected chi connectivity index (χ1v) is 6.82. The van der Waals surface area contributed by atoms with Crippen LogP contribution in [0.15, 0.2) is 30.3 Å². The van der Waals surface area contributed by atoms with Crippen LogP contribution in [0.4, 0.5) is 0 Å². The fraction of sp³-hybridized carbons (Fsp3) is 0.400. The molecule has 0 saturated carbocycles. The van der Waals surface area contributed by atoms with E-state index < -0.39 is 15.2 Å². The lowest BCUT2D eigenvalue weighted by Crippen LogP contribution is -2.34. The summed E-state index contributed by atoms with van der Waals surface area (Å²) in [6, 6.07) is 9.57. The fourth-order valence-corrected chi connectivity index (χ4v) is 2.30. The number of halogens is 1. The minimum Gasteiger partial charge on any atom is -0.211 e. The first-order chi connectivity index (χ1) is 7.03. The second-order valence-corrected chi connectivity index (χ2v) is 5.77. The molecule has 1 unspecified atom stereocenters. The molecule has 1 atom stereocenters. The van der Waals surface area contributed by atoms with Crippen LogP contribution >= 0.6 is 11.6 Å². The van der Waals surface area contributed by atoms with Gasteiger partial charge in [-0.25, -0.2) is 13.1 Å². The van der Waals surface area contributed by atoms with E-state index in [-0.39, 0.29) is 6.04 Å². The minimum absolute atomic E-state index is 0.142. The van der Waals surface area contributed by atoms with Crippen LogP contribution in [0.3, 0.4) is 0 Å². The van der Waals surface area contributed by atoms with Gasteiger partial charge in [0.05, 0.1) is 0 Å². The number of alkyl halides is 1. The molecule has 0 amide bonds. The Kier molecular flexibility index (Phi) is 4.57. The third kappa shape index (κ3) is 4.64. The summed E-state index contributed by atoms with van der Waals surface area (Å²) >= 11 is 5.29. The molecule has 1 aromatic rings. The van der Waals surface area contributed by atoms with E-state index in [1.165, 1.54) is 0 Å². The van der Waals surface area contributed by atoms with Gasteiger partial charge in [0.1, 0.15) is 5.21 Å². The van der Waals surface area contributed by atoms with Gasteiger partial charge in [0.25, 0.3) is 0 Å². The van der Waals surface area contributed by atoms with Crippen molar-refractivity contribution in [1.29, 1.82) is 0 Å². The predicted octanol–water partition coefficient (Wildman–Crippen LogP) is 1.73. The van der Waals surface area contributed by atoms with Crippen LogP contribution in [-0.2, 0) is 16.4 Å². The van der Waals surface area contributed by atoms with E-state index in [9.17, 15) is 8.42 Å². The van der Waals surface area contributed by atoms with Crippen molar-refractivity contribution in [2.75, 3.05) is 5.21 Å². The van der Waals surface area contributed by atoms with Crippen molar-refractivity contribution in [3.63, 3.8) is 0 Å². The second-order valence-electron chi connectivity index (χ2n) is 3.43. The smallest absolute Gasteiger partial charge is 0.211 e. The summed E-state index contributed by atoms with van der Waals surface area (Å²) in [7, 11) is -3.32. The molecule has 0 radical (unpaired) electrons. The largest absolute Gasteiger partial charge is 0.225 e. The van der Waals surface area contributed by atoms with Gasteiger partial charge in [0, 0.05) is 6.04 Å². The Bertz CT molecular complexity index is 391. The zero-order valence-electron chi connectivity index (χ0n) is 8.48. The van der Waals surface area contributed by atoms with Gasteiger partial charge >= 0.3 is 0 Å². The van der Waals surface area contributed by atoms with Crippen LogP contribution in [-0.4, -0.2) is 19.7 Å². The molecule has 1 aromatic carbocycles. The molecule has 15 heavy (non-hydrogen) atoms. The van der Waals surface area contributed by atoms with Crippen molar-refractivity contribution >= 4 is 21.6 Å². The van der Waals surface area contributed by atoms with E-state index in [2.05, 4.69) is 4.72 Å². The van der Waals surface area contributed by atoms with Crippen molar-refractivity contribution in [2.24, 2.45) is 0 Å². The van der Waals surface area contributed by atoms with E-state index in [1.807, 2.05) is 37.3 Å². The van der Waals surface area contributed by atoms with Crippen molar-refractivity contribution in [2.45, 2.75) is 19.4 Å². The number of nitrogens with one attached hydrogen (secondary N) is 1. The Hall–Kier alpha value is -0.580. The highest BCUT2D eigenvalue weighted by Gasteiger charge is 2.12. The number of benzene rings is 1. The summed E-state index contributed by atoms with van der Waals surface area (Å²) < 4.78 is 24.8. The average Bonchev–Trinajstić information content (AvgIpc) is 2.18. The first-order valence-electron chi connectivity index (χ1n) is 4.63. The van der Waals surface area contributed by atoms with E-state index >= 15 is 0 Å². The Morgan fingerprint density at radius 2 is 1.93 bits per heavy atom. The van der Waals surface area contributed by atoms with Crippen LogP contribution in [0.1, 0.15) is 12.5 Å². The maximum atomic E-state index is 11.2. The van der Waals surface area contributed by atoms with Gasteiger partial charge in [-0.05, 0) is 18.9 Å². The number of hydrogen-bond acceptors (Lipinski definition) is 2. The summed E-state index contributed by atoms with van der Waals surface area (Å²) in [6.45, 7) is 1.82. The zero-order valence-corrected chi connectivity index (χ0v) is 10.1. The third-order valence-corrected chi connectivity index (χ3v) is 3.82. The Morgan fingerprint density at radius 3 is 2.47 bits per heavy atom. The SMILES string of the molecule is CC(Cc1ccccc1)NS(=O)(=O)CCl. The zero-order chi connectivity index (χ0) is 11.3. The lowest BCUT2D eigenvalue weighted by molar-refractivity contribution is 0.564. The van der Waals surface area contributed by atoms with Crippen molar-refractivity contribution in [1.82, 2.24) is 4.72 Å². The average molecular weight is 248 g/mol. The summed E-state index contributed by atoms with van der Waals surface area (Å²) in [4.78, 5) is 0. The Balaban J connectivity index is 2.54. The highest BCUT2D eigenvalue weighted by molar-refractivity contribution is 7.90. The van der Waals surface area contributed by atoms with E-state index in [1.54, 1.807) is 0 Å². The highest BCUT2D eigenvalue weighted by Crippen LogP contribution is 2.04. The molecule has 0 aliphatic heterocycles. The molecule has 0 bridgehead atoms. The number of hydrogen-bond donors (Lipinski definition) is 1. The molecule has 0 aromatic heterocycles. The summed E-state index contributed by atoms with van der Waals surface area (Å²) in [6.07, 6.45) is 0.664. The van der Waals surface area contributed by atoms with Gasteiger partial charge in [0.15, 0.2) is 0 Å². The first kappa shape index (κ1) is 12.5. The minimum atomic E-state index is -3.32. The third-order valence-electron chi connectivity index (χ3n) is 1.91. The van der Waals surface area contributed by atoms with Gasteiger partial charge in [-0.15, -0.1) is 11.6 Å². The predicted molar refractivity (Wildman–Crippen MR) is 62.4 cm³/mol. The van der Waals surface area contributed by atoms with Crippen LogP contribution in [0, 0.1) is 0 Å². The topological polar surface area (TPSA) is 46.2 Å². The van der Waals surface area contributed by atoms with Gasteiger partial charge < -0.3 is 0 Å². The van der Waals surface area contributed by atoms with Gasteiger partial charge in [0.2, 0.25) is 10.0 Å². The highest BCUT2D eigenvalue weighted by atomic mass is 35.5. The summed E-state index contributed by atoms with van der Waals surface area (Å²) in [5, 5.41) is -0.397. The van der Waals surface area contributed by atoms with Crippen molar-refractivity contribution in [3.8, 4) is 0 Å². The molecule has 84 valence electrons. The van der Waals surface area contributed by atoms with E-state index in [0.29, 0.717) is 6.42 Å². The molecular weight excluding hydrogens is 234 g/mol. The Morgan fingerprint density at radius 1 is 1.33 bits per heavy atom. The molecule has 0 saturated heterocycles. The van der Waals surface area contributed by atoms with E-state index in [0.717, 1.165) is 5.56 Å². The molecule has 3 nitrogen and oxygen atoms in total. The molecule has 0 aliphatic carbocycles. The lowest BCUT2D eigenvalue weighted by atomic mass is 10.1. The lowest BCUT2D eigenvalue weighted by Gasteiger charge is -2.12. The van der Waals surface area contributed by atoms with Crippen LogP contribution in [0.5, 0.6) is 0 Å². The van der Waals surface area contributed by atoms with Crippen LogP contribution in [0.25, 0.3) is 0 Å². The molecule has 0 spiro atoms. The normalized spacial score (nSPS) is 13.7. The van der Waals surface area contributed by atoms with Crippen molar-refractivity contribution in [3.05, 3.63) is 35.9 Å². The number of rotatable bonds is 5. The Labute approximate surface area is 95.5 Å². The van der Waals surface area contributed by atoms with Crippen molar-refractivity contribution < 1.29 is 8.42 Å². The monoisotopic (exact) mass is 247 g/mol. The molecule has 0 aliphatic rings. The maximum Gasteiger partial charge on any atom is 0.225 e. The molecule has 1 N–H and O–H groups in total. The van der Waals surface area contributed by atoms with Gasteiger partial charge in [-0.3, -0.25) is 0 Å².